The molecule has 1 unspecified atom stereocenters. The second kappa shape index (κ2) is 9.61. The minimum Gasteiger partial charge on any atom is -0.369 e. The van der Waals surface area contributed by atoms with E-state index in [0.29, 0.717) is 40.2 Å². The molecule has 9 nitrogen and oxygen atoms in total. The number of pyridine rings is 1. The maximum Gasteiger partial charge on any atom is 0.265 e. The number of hydrogen-bond donors (Lipinski definition) is 2. The fourth-order valence-electron chi connectivity index (χ4n) is 4.58. The van der Waals surface area contributed by atoms with E-state index in [9.17, 15) is 14.4 Å². The first-order valence-electron chi connectivity index (χ1n) is 11.8. The number of fused-ring (bicyclic) bond motifs is 1. The van der Waals surface area contributed by atoms with Crippen molar-refractivity contribution in [1.82, 2.24) is 14.5 Å². The summed E-state index contributed by atoms with van der Waals surface area (Å²) in [5.74, 6) is 0.564. The SMILES string of the molecule is Cc1nc2ccccc2c(=O)n1-c1ccc(C(=O)Nc2ccc(N3CCCC(C(N)=O)C3)nc2)cc1. The van der Waals surface area contributed by atoms with Crippen LogP contribution in [0.5, 0.6) is 0 Å². The van der Waals surface area contributed by atoms with Crippen LogP contribution in [-0.2, 0) is 4.79 Å². The van der Waals surface area contributed by atoms with Gasteiger partial charge in [0.25, 0.3) is 11.5 Å². The number of nitrogens with zero attached hydrogens (tertiary/aromatic N) is 4. The molecule has 36 heavy (non-hydrogen) atoms. The van der Waals surface area contributed by atoms with E-state index < -0.39 is 0 Å². The molecule has 2 amide bonds. The Bertz CT molecular complexity index is 1500. The van der Waals surface area contributed by atoms with Crippen molar-refractivity contribution in [3.8, 4) is 5.69 Å². The Morgan fingerprint density at radius 1 is 1.06 bits per heavy atom. The van der Waals surface area contributed by atoms with Gasteiger partial charge >= 0.3 is 0 Å². The van der Waals surface area contributed by atoms with Crippen LogP contribution >= 0.6 is 0 Å². The Labute approximate surface area is 207 Å². The summed E-state index contributed by atoms with van der Waals surface area (Å²) in [6.07, 6.45) is 3.27. The van der Waals surface area contributed by atoms with Crippen LogP contribution in [0.1, 0.15) is 29.0 Å². The van der Waals surface area contributed by atoms with Gasteiger partial charge in [-0.3, -0.25) is 19.0 Å². The number of primary amides is 1. The highest BCUT2D eigenvalue weighted by molar-refractivity contribution is 6.04. The van der Waals surface area contributed by atoms with E-state index in [1.54, 1.807) is 49.5 Å². The maximum absolute atomic E-state index is 13.0. The van der Waals surface area contributed by atoms with Gasteiger partial charge in [-0.05, 0) is 68.3 Å². The molecule has 4 aromatic rings. The molecule has 3 heterocycles. The summed E-state index contributed by atoms with van der Waals surface area (Å²) in [5, 5.41) is 3.38. The molecule has 1 atom stereocenters. The molecule has 5 rings (SSSR count). The summed E-state index contributed by atoms with van der Waals surface area (Å²) in [5.41, 5.74) is 7.60. The lowest BCUT2D eigenvalue weighted by Crippen LogP contribution is -2.41. The van der Waals surface area contributed by atoms with Gasteiger partial charge in [0.2, 0.25) is 5.91 Å². The Balaban J connectivity index is 1.30. The van der Waals surface area contributed by atoms with Gasteiger partial charge in [-0.1, -0.05) is 12.1 Å². The lowest BCUT2D eigenvalue weighted by molar-refractivity contribution is -0.122. The number of para-hydroxylation sites is 1. The van der Waals surface area contributed by atoms with Gasteiger partial charge in [0.15, 0.2) is 0 Å². The third kappa shape index (κ3) is 4.55. The molecule has 9 heteroatoms. The van der Waals surface area contributed by atoms with E-state index in [4.69, 9.17) is 5.73 Å². The summed E-state index contributed by atoms with van der Waals surface area (Å²) in [6.45, 7) is 3.14. The number of aromatic nitrogens is 3. The lowest BCUT2D eigenvalue weighted by atomic mass is 9.97. The largest absolute Gasteiger partial charge is 0.369 e. The van der Waals surface area contributed by atoms with Crippen LogP contribution in [0.3, 0.4) is 0 Å². The number of anilines is 2. The molecule has 0 saturated carbocycles. The summed E-state index contributed by atoms with van der Waals surface area (Å²) in [7, 11) is 0. The molecule has 182 valence electrons. The van der Waals surface area contributed by atoms with Crippen molar-refractivity contribution in [1.29, 1.82) is 0 Å². The number of rotatable bonds is 5. The first kappa shape index (κ1) is 23.2. The average Bonchev–Trinajstić information content (AvgIpc) is 2.89. The highest BCUT2D eigenvalue weighted by atomic mass is 16.2. The van der Waals surface area contributed by atoms with Crippen LogP contribution in [0.4, 0.5) is 11.5 Å². The summed E-state index contributed by atoms with van der Waals surface area (Å²) in [4.78, 5) is 48.4. The number of nitrogens with one attached hydrogen (secondary N) is 1. The molecular formula is C27H26N6O3. The molecule has 0 radical (unpaired) electrons. The van der Waals surface area contributed by atoms with Gasteiger partial charge in [0.1, 0.15) is 11.6 Å². The normalized spacial score (nSPS) is 15.6. The maximum atomic E-state index is 13.0. The Kier molecular flexibility index (Phi) is 6.20. The van der Waals surface area contributed by atoms with E-state index in [-0.39, 0.29) is 23.3 Å². The monoisotopic (exact) mass is 482 g/mol. The fourth-order valence-corrected chi connectivity index (χ4v) is 4.58. The molecule has 2 aromatic heterocycles. The van der Waals surface area contributed by atoms with E-state index >= 15 is 0 Å². The van der Waals surface area contributed by atoms with Crippen molar-refractivity contribution in [3.05, 3.63) is 88.6 Å². The zero-order chi connectivity index (χ0) is 25.2. The van der Waals surface area contributed by atoms with Gasteiger partial charge in [-0.2, -0.15) is 0 Å². The van der Waals surface area contributed by atoms with Crippen molar-refractivity contribution in [2.24, 2.45) is 11.7 Å². The molecule has 2 aromatic carbocycles. The highest BCUT2D eigenvalue weighted by Gasteiger charge is 2.24. The van der Waals surface area contributed by atoms with E-state index in [1.807, 2.05) is 29.2 Å². The van der Waals surface area contributed by atoms with Crippen LogP contribution in [-0.4, -0.2) is 39.4 Å². The van der Waals surface area contributed by atoms with Gasteiger partial charge in [-0.25, -0.2) is 9.97 Å². The summed E-state index contributed by atoms with van der Waals surface area (Å²) in [6, 6.07) is 17.6. The number of piperidine rings is 1. The number of amides is 2. The molecule has 1 fully saturated rings. The van der Waals surface area contributed by atoms with Crippen LogP contribution in [0, 0.1) is 12.8 Å². The molecule has 0 aliphatic carbocycles. The topological polar surface area (TPSA) is 123 Å². The number of aryl methyl sites for hydroxylation is 1. The van der Waals surface area contributed by atoms with Crippen molar-refractivity contribution in [3.63, 3.8) is 0 Å². The molecule has 1 aliphatic rings. The van der Waals surface area contributed by atoms with Crippen LogP contribution in [0.2, 0.25) is 0 Å². The van der Waals surface area contributed by atoms with Crippen LogP contribution < -0.4 is 21.5 Å². The zero-order valence-corrected chi connectivity index (χ0v) is 19.8. The van der Waals surface area contributed by atoms with Gasteiger partial charge in [0.05, 0.1) is 34.4 Å². The minimum atomic E-state index is -0.288. The molecule has 1 saturated heterocycles. The first-order valence-corrected chi connectivity index (χ1v) is 11.8. The predicted molar refractivity (Wildman–Crippen MR) is 138 cm³/mol. The zero-order valence-electron chi connectivity index (χ0n) is 19.8. The van der Waals surface area contributed by atoms with Crippen molar-refractivity contribution < 1.29 is 9.59 Å². The highest BCUT2D eigenvalue weighted by Crippen LogP contribution is 2.23. The molecule has 3 N–H and O–H groups in total. The van der Waals surface area contributed by atoms with E-state index in [1.165, 1.54) is 4.57 Å². The molecule has 0 spiro atoms. The van der Waals surface area contributed by atoms with Crippen molar-refractivity contribution in [2.75, 3.05) is 23.3 Å². The Morgan fingerprint density at radius 3 is 2.56 bits per heavy atom. The third-order valence-corrected chi connectivity index (χ3v) is 6.48. The van der Waals surface area contributed by atoms with Gasteiger partial charge < -0.3 is 16.0 Å². The second-order valence-corrected chi connectivity index (χ2v) is 8.91. The predicted octanol–water partition coefficient (Wildman–Crippen LogP) is 3.04. The Morgan fingerprint density at radius 2 is 1.83 bits per heavy atom. The Hall–Kier alpha value is -4.53. The number of carbonyl (C=O) groups excluding carboxylic acids is 2. The third-order valence-electron chi connectivity index (χ3n) is 6.48. The molecular weight excluding hydrogens is 456 g/mol. The fraction of sp³-hybridized carbons (Fsp3) is 0.222. The average molecular weight is 483 g/mol. The van der Waals surface area contributed by atoms with E-state index in [0.717, 1.165) is 25.2 Å². The van der Waals surface area contributed by atoms with Gasteiger partial charge in [-0.15, -0.1) is 0 Å². The number of hydrogen-bond acceptors (Lipinski definition) is 6. The molecule has 0 bridgehead atoms. The van der Waals surface area contributed by atoms with Gasteiger partial charge in [0, 0.05) is 18.7 Å². The van der Waals surface area contributed by atoms with E-state index in [2.05, 4.69) is 15.3 Å². The smallest absolute Gasteiger partial charge is 0.265 e. The van der Waals surface area contributed by atoms with Crippen LogP contribution in [0.25, 0.3) is 16.6 Å². The number of benzene rings is 2. The van der Waals surface area contributed by atoms with Crippen LogP contribution in [0.15, 0.2) is 71.7 Å². The first-order chi connectivity index (χ1) is 17.4. The standard InChI is InChI=1S/C27H26N6O3/c1-17-30-23-7-3-2-6-22(23)27(36)33(17)21-11-8-18(9-12-21)26(35)31-20-10-13-24(29-15-20)32-14-4-5-19(16-32)25(28)34/h2-3,6-13,15,19H,4-5,14,16H2,1H3,(H2,28,34)(H,31,35). The quantitative estimate of drug-likeness (QED) is 0.451. The summed E-state index contributed by atoms with van der Waals surface area (Å²) >= 11 is 0. The molecule has 1 aliphatic heterocycles. The van der Waals surface area contributed by atoms with Crippen molar-refractivity contribution >= 4 is 34.2 Å². The number of nitrogens with two attached hydrogens (primary N) is 1. The minimum absolute atomic E-state index is 0.155. The number of carbonyl (C=O) groups is 2. The summed E-state index contributed by atoms with van der Waals surface area (Å²) < 4.78 is 1.54. The van der Waals surface area contributed by atoms with Crippen molar-refractivity contribution in [2.45, 2.75) is 19.8 Å². The lowest BCUT2D eigenvalue weighted by Gasteiger charge is -2.32. The second-order valence-electron chi connectivity index (χ2n) is 8.91.